The Balaban J connectivity index is 0.000000472. The smallest absolute Gasteiger partial charge is 0.374 e. The summed E-state index contributed by atoms with van der Waals surface area (Å²) in [6, 6.07) is 43.8. The van der Waals surface area contributed by atoms with E-state index < -0.39 is 11.7 Å². The fourth-order valence-electron chi connectivity index (χ4n) is 6.45. The van der Waals surface area contributed by atoms with Crippen molar-refractivity contribution < 1.29 is 46.0 Å². The molecule has 0 saturated heterocycles. The minimum atomic E-state index is -4.36. The number of ether oxygens (including phenoxy) is 6. The fraction of sp³-hybridized carbons (Fsp3) is 0.441. The molecule has 0 unspecified atom stereocenters. The van der Waals surface area contributed by atoms with Crippen LogP contribution in [0.2, 0.25) is 0 Å². The molecule has 6 aromatic rings. The fourth-order valence-corrected chi connectivity index (χ4v) is 6.45. The van der Waals surface area contributed by atoms with Crippen molar-refractivity contribution in [3.8, 4) is 11.8 Å². The molecule has 0 bridgehead atoms. The van der Waals surface area contributed by atoms with Crippen molar-refractivity contribution in [2.75, 3.05) is 0 Å². The second-order valence-corrected chi connectivity index (χ2v) is 20.5. The van der Waals surface area contributed by atoms with Gasteiger partial charge in [0.2, 0.25) is 0 Å². The molecule has 0 radical (unpaired) electrons. The first-order valence-corrected chi connectivity index (χ1v) is 27.0. The van der Waals surface area contributed by atoms with Crippen LogP contribution in [0.4, 0.5) is 17.6 Å². The topological polar surface area (TPSA) is 55.4 Å². The predicted octanol–water partition coefficient (Wildman–Crippen LogP) is 18.4. The van der Waals surface area contributed by atoms with Gasteiger partial charge in [-0.05, 0) is 181 Å². The molecule has 0 aliphatic rings. The third kappa shape index (κ3) is 37.2. The highest BCUT2D eigenvalue weighted by Crippen LogP contribution is 2.31. The van der Waals surface area contributed by atoms with E-state index >= 15 is 0 Å². The Kier molecular flexibility index (Phi) is 35.8. The molecule has 0 fully saturated rings. The maximum absolute atomic E-state index is 12.7. The molecule has 0 amide bonds. The van der Waals surface area contributed by atoms with Crippen LogP contribution in [0.3, 0.4) is 0 Å². The van der Waals surface area contributed by atoms with Gasteiger partial charge in [0.1, 0.15) is 5.82 Å². The number of hydrogen-bond acceptors (Lipinski definition) is 6. The van der Waals surface area contributed by atoms with E-state index in [0.717, 1.165) is 44.1 Å². The normalized spacial score (nSPS) is 10.8. The van der Waals surface area contributed by atoms with Crippen LogP contribution in [0.25, 0.3) is 0 Å². The first-order chi connectivity index (χ1) is 36.7. The lowest BCUT2D eigenvalue weighted by molar-refractivity contribution is -0.137. The Morgan fingerprint density at radius 2 is 0.705 bits per heavy atom. The number of aryl methyl sites for hydroxylation is 4. The van der Waals surface area contributed by atoms with Crippen LogP contribution < -0.4 is 0 Å². The van der Waals surface area contributed by atoms with Gasteiger partial charge in [-0.2, -0.15) is 13.2 Å². The van der Waals surface area contributed by atoms with Crippen LogP contribution in [0.5, 0.6) is 0 Å². The number of halogens is 4. The molecule has 0 N–H and O–H groups in total. The standard InChI is InChI=1S/C14H15F3O.C12H18O.2C11H16O.C10H13FO.C10H14O/c1-4-5-11-6-12(9-18-10(2)3)8-13(7-11)14(15,16)17;1-9(2)13-8-12-6-10(3)5-11(4)7-12;2*1-9(2)12-8-11-6-4-10(3)5-7-11;1-8(2)12-7-9-4-3-5-10(11)6-9;1-9(2)11-8-10-6-4-3-5-7-10/h6-8,10H,9H2,1-3H3;5-7,9H,8H2,1-4H3;2*4-7,9H,8H2,1-3H3;3-6,8H,7H2,1-2H3;3-7,9H,8H2,1-2H3. The first kappa shape index (κ1) is 70.4. The van der Waals surface area contributed by atoms with Gasteiger partial charge < -0.3 is 28.4 Å². The summed E-state index contributed by atoms with van der Waals surface area (Å²) in [5.41, 5.74) is 11.2. The van der Waals surface area contributed by atoms with Gasteiger partial charge in [0.05, 0.1) is 81.8 Å². The summed E-state index contributed by atoms with van der Waals surface area (Å²) >= 11 is 0. The lowest BCUT2D eigenvalue weighted by atomic mass is 10.1. The van der Waals surface area contributed by atoms with Crippen molar-refractivity contribution in [1.29, 1.82) is 0 Å². The van der Waals surface area contributed by atoms with Gasteiger partial charge in [-0.25, -0.2) is 4.39 Å². The first-order valence-electron chi connectivity index (χ1n) is 27.0. The maximum Gasteiger partial charge on any atom is 0.416 e. The van der Waals surface area contributed by atoms with Gasteiger partial charge in [-0.15, -0.1) is 5.92 Å². The zero-order valence-corrected chi connectivity index (χ0v) is 49.9. The number of alkyl halides is 3. The maximum atomic E-state index is 12.7. The van der Waals surface area contributed by atoms with Gasteiger partial charge in [0.25, 0.3) is 0 Å². The Morgan fingerprint density at radius 1 is 0.359 bits per heavy atom. The van der Waals surface area contributed by atoms with E-state index in [1.165, 1.54) is 56.6 Å². The van der Waals surface area contributed by atoms with Crippen molar-refractivity contribution in [3.05, 3.63) is 212 Å². The number of benzene rings is 6. The SMILES string of the molecule is CC#Cc1cc(COC(C)C)cc(C(F)(F)F)c1.CC(C)OCc1cccc(F)c1.CC(C)OCc1ccccc1.Cc1cc(C)cc(COC(C)C)c1.Cc1ccc(COC(C)C)cc1.Cc1ccc(COC(C)C)cc1. The van der Waals surface area contributed by atoms with Gasteiger partial charge in [-0.3, -0.25) is 0 Å². The molecule has 0 aliphatic heterocycles. The summed E-state index contributed by atoms with van der Waals surface area (Å²) in [7, 11) is 0. The third-order valence-electron chi connectivity index (χ3n) is 10.3. The molecule has 0 saturated carbocycles. The molecule has 428 valence electrons. The summed E-state index contributed by atoms with van der Waals surface area (Å²) in [6.07, 6.45) is -2.96. The van der Waals surface area contributed by atoms with E-state index in [2.05, 4.69) is 132 Å². The summed E-state index contributed by atoms with van der Waals surface area (Å²) < 4.78 is 83.3. The monoisotopic (exact) mass is 1080 g/mol. The molecule has 10 heteroatoms. The quantitative estimate of drug-likeness (QED) is 0.0631. The molecule has 78 heavy (non-hydrogen) atoms. The third-order valence-corrected chi connectivity index (χ3v) is 10.3. The van der Waals surface area contributed by atoms with Crippen molar-refractivity contribution in [1.82, 2.24) is 0 Å². The highest BCUT2D eigenvalue weighted by molar-refractivity contribution is 5.41. The molecule has 0 aromatic heterocycles. The molecule has 6 aromatic carbocycles. The molecule has 6 rings (SSSR count). The van der Waals surface area contributed by atoms with Crippen molar-refractivity contribution in [3.63, 3.8) is 0 Å². The van der Waals surface area contributed by atoms with Crippen LogP contribution in [-0.4, -0.2) is 36.6 Å². The Bertz CT molecular complexity index is 2470. The van der Waals surface area contributed by atoms with Crippen molar-refractivity contribution >= 4 is 0 Å². The minimum absolute atomic E-state index is 0.0275. The van der Waals surface area contributed by atoms with Gasteiger partial charge in [0, 0.05) is 5.56 Å². The van der Waals surface area contributed by atoms with E-state index in [-0.39, 0.29) is 24.6 Å². The van der Waals surface area contributed by atoms with Crippen molar-refractivity contribution in [2.45, 2.75) is 200 Å². The minimum Gasteiger partial charge on any atom is -0.374 e. The van der Waals surface area contributed by atoms with Gasteiger partial charge in [0.15, 0.2) is 0 Å². The lowest BCUT2D eigenvalue weighted by Crippen LogP contribution is -2.08. The Hall–Kier alpha value is -5.64. The van der Waals surface area contributed by atoms with Crippen LogP contribution in [0.15, 0.2) is 140 Å². The van der Waals surface area contributed by atoms with E-state index in [9.17, 15) is 17.6 Å². The lowest BCUT2D eigenvalue weighted by Gasteiger charge is -2.12. The molecular formula is C68H92F4O6. The predicted molar refractivity (Wildman–Crippen MR) is 315 cm³/mol. The van der Waals surface area contributed by atoms with Crippen LogP contribution in [-0.2, 0) is 74.2 Å². The molecule has 0 heterocycles. The highest BCUT2D eigenvalue weighted by Gasteiger charge is 2.31. The number of rotatable bonds is 18. The van der Waals surface area contributed by atoms with E-state index in [1.807, 2.05) is 93.5 Å². The van der Waals surface area contributed by atoms with E-state index in [4.69, 9.17) is 28.4 Å². The summed E-state index contributed by atoms with van der Waals surface area (Å²) in [5.74, 6) is 5.03. The average molecular weight is 1080 g/mol. The molecule has 0 aliphatic carbocycles. The molecular weight excluding hydrogens is 989 g/mol. The largest absolute Gasteiger partial charge is 0.416 e. The average Bonchev–Trinajstić information content (AvgIpc) is 3.37. The second kappa shape index (κ2) is 39.7. The van der Waals surface area contributed by atoms with E-state index in [1.54, 1.807) is 19.1 Å². The summed E-state index contributed by atoms with van der Waals surface area (Å²) in [6.45, 7) is 37.5. The Morgan fingerprint density at radius 3 is 1.06 bits per heavy atom. The zero-order chi connectivity index (χ0) is 58.6. The molecule has 0 atom stereocenters. The molecule has 6 nitrogen and oxygen atoms in total. The second-order valence-electron chi connectivity index (χ2n) is 20.5. The Labute approximate surface area is 468 Å². The van der Waals surface area contributed by atoms with Crippen LogP contribution in [0.1, 0.15) is 157 Å². The van der Waals surface area contributed by atoms with Crippen LogP contribution in [0, 0.1) is 45.4 Å². The number of hydrogen-bond donors (Lipinski definition) is 0. The summed E-state index contributed by atoms with van der Waals surface area (Å²) in [5, 5.41) is 0. The van der Waals surface area contributed by atoms with Crippen molar-refractivity contribution in [2.24, 2.45) is 0 Å². The highest BCUT2D eigenvalue weighted by atomic mass is 19.4. The van der Waals surface area contributed by atoms with Gasteiger partial charge >= 0.3 is 6.18 Å². The molecule has 0 spiro atoms. The van der Waals surface area contributed by atoms with Crippen LogP contribution >= 0.6 is 0 Å². The van der Waals surface area contributed by atoms with Gasteiger partial charge in [-0.1, -0.05) is 137 Å². The van der Waals surface area contributed by atoms with E-state index in [0.29, 0.717) is 42.1 Å². The summed E-state index contributed by atoms with van der Waals surface area (Å²) in [4.78, 5) is 0. The zero-order valence-electron chi connectivity index (χ0n) is 49.9.